The Balaban J connectivity index is 1.49. The van der Waals surface area contributed by atoms with Crippen molar-refractivity contribution in [3.05, 3.63) is 53.8 Å². The van der Waals surface area contributed by atoms with E-state index in [1.54, 1.807) is 19.3 Å². The lowest BCUT2D eigenvalue weighted by molar-refractivity contribution is -0.129. The van der Waals surface area contributed by atoms with Crippen LogP contribution < -0.4 is 4.90 Å². The van der Waals surface area contributed by atoms with Gasteiger partial charge in [-0.1, -0.05) is 5.16 Å². The Morgan fingerprint density at radius 3 is 2.75 bits per heavy atom. The minimum atomic E-state index is 0.115. The van der Waals surface area contributed by atoms with E-state index in [4.69, 9.17) is 4.52 Å². The summed E-state index contributed by atoms with van der Waals surface area (Å²) in [6.07, 6.45) is 5.90. The minimum absolute atomic E-state index is 0.115. The third-order valence-electron chi connectivity index (χ3n) is 5.01. The summed E-state index contributed by atoms with van der Waals surface area (Å²) in [6.45, 7) is 6.57. The lowest BCUT2D eigenvalue weighted by atomic mass is 10.1. The predicted octanol–water partition coefficient (Wildman–Crippen LogP) is 2.09. The molecule has 0 bridgehead atoms. The van der Waals surface area contributed by atoms with Crippen molar-refractivity contribution in [2.45, 2.75) is 20.3 Å². The number of aromatic nitrogens is 4. The Hall–Kier alpha value is -3.29. The molecule has 1 fully saturated rings. The molecule has 28 heavy (non-hydrogen) atoms. The first kappa shape index (κ1) is 18.1. The number of aryl methyl sites for hydroxylation is 1. The highest BCUT2D eigenvalue weighted by Gasteiger charge is 2.20. The second kappa shape index (κ2) is 7.75. The molecule has 3 aromatic rings. The molecule has 1 aliphatic heterocycles. The number of nitrogens with zero attached hydrogens (tertiary/aromatic N) is 6. The molecule has 1 saturated heterocycles. The summed E-state index contributed by atoms with van der Waals surface area (Å²) in [5.74, 6) is 2.07. The van der Waals surface area contributed by atoms with E-state index < -0.39 is 0 Å². The third kappa shape index (κ3) is 3.85. The van der Waals surface area contributed by atoms with Gasteiger partial charge in [-0.2, -0.15) is 4.98 Å². The molecule has 3 aromatic heterocycles. The molecule has 0 unspecified atom stereocenters. The Morgan fingerprint density at radius 2 is 2.00 bits per heavy atom. The maximum atomic E-state index is 11.5. The molecule has 0 radical (unpaired) electrons. The van der Waals surface area contributed by atoms with E-state index in [9.17, 15) is 4.79 Å². The number of amides is 1. The van der Waals surface area contributed by atoms with Crippen LogP contribution in [0.3, 0.4) is 0 Å². The minimum Gasteiger partial charge on any atom is -0.353 e. The Morgan fingerprint density at radius 1 is 1.18 bits per heavy atom. The second-order valence-electron chi connectivity index (χ2n) is 6.89. The molecular formula is C20H22N6O2. The van der Waals surface area contributed by atoms with Gasteiger partial charge in [-0.15, -0.1) is 0 Å². The van der Waals surface area contributed by atoms with E-state index in [1.165, 1.54) is 0 Å². The summed E-state index contributed by atoms with van der Waals surface area (Å²) >= 11 is 0. The van der Waals surface area contributed by atoms with E-state index >= 15 is 0 Å². The number of anilines is 1. The van der Waals surface area contributed by atoms with Crippen LogP contribution in [0, 0.1) is 6.92 Å². The molecule has 4 rings (SSSR count). The Labute approximate surface area is 163 Å². The van der Waals surface area contributed by atoms with Gasteiger partial charge in [0.1, 0.15) is 5.82 Å². The van der Waals surface area contributed by atoms with Gasteiger partial charge in [-0.3, -0.25) is 9.78 Å². The van der Waals surface area contributed by atoms with E-state index in [0.717, 1.165) is 35.6 Å². The average Bonchev–Trinajstić information content (AvgIpc) is 3.19. The maximum absolute atomic E-state index is 11.5. The van der Waals surface area contributed by atoms with Crippen LogP contribution in [-0.4, -0.2) is 57.1 Å². The van der Waals surface area contributed by atoms with Gasteiger partial charge in [0.15, 0.2) is 0 Å². The summed E-state index contributed by atoms with van der Waals surface area (Å²) in [4.78, 5) is 28.7. The predicted molar refractivity (Wildman–Crippen MR) is 104 cm³/mol. The number of hydrogen-bond acceptors (Lipinski definition) is 7. The molecule has 8 nitrogen and oxygen atoms in total. The summed E-state index contributed by atoms with van der Waals surface area (Å²) < 4.78 is 5.44. The normalized spacial score (nSPS) is 14.4. The first-order valence-corrected chi connectivity index (χ1v) is 9.29. The fourth-order valence-electron chi connectivity index (χ4n) is 3.27. The van der Waals surface area contributed by atoms with Gasteiger partial charge < -0.3 is 14.3 Å². The molecule has 0 N–H and O–H groups in total. The first-order valence-electron chi connectivity index (χ1n) is 9.29. The fourth-order valence-corrected chi connectivity index (χ4v) is 3.27. The molecule has 0 atom stereocenters. The molecular weight excluding hydrogens is 356 g/mol. The quantitative estimate of drug-likeness (QED) is 0.687. The van der Waals surface area contributed by atoms with Crippen molar-refractivity contribution >= 4 is 11.7 Å². The maximum Gasteiger partial charge on any atom is 0.231 e. The molecule has 0 aromatic carbocycles. The standard InChI is InChI=1S/C20H22N6O2/c1-14-3-5-21-13-17(14)12-19-23-20(24-28-19)16-4-6-22-18(11-16)26-9-7-25(8-10-26)15(2)27/h3-6,11,13H,7-10,12H2,1-2H3. The van der Waals surface area contributed by atoms with Crippen LogP contribution in [0.1, 0.15) is 23.9 Å². The van der Waals surface area contributed by atoms with Crippen LogP contribution in [0.2, 0.25) is 0 Å². The molecule has 8 heteroatoms. The van der Waals surface area contributed by atoms with Gasteiger partial charge >= 0.3 is 0 Å². The smallest absolute Gasteiger partial charge is 0.231 e. The van der Waals surface area contributed by atoms with Crippen molar-refractivity contribution in [3.8, 4) is 11.4 Å². The van der Waals surface area contributed by atoms with E-state index in [2.05, 4.69) is 25.0 Å². The summed E-state index contributed by atoms with van der Waals surface area (Å²) in [7, 11) is 0. The van der Waals surface area contributed by atoms with Crippen molar-refractivity contribution in [1.29, 1.82) is 0 Å². The van der Waals surface area contributed by atoms with Crippen molar-refractivity contribution < 1.29 is 9.32 Å². The number of pyridine rings is 2. The average molecular weight is 378 g/mol. The SMILES string of the molecule is CC(=O)N1CCN(c2cc(-c3noc(Cc4cnccc4C)n3)ccn2)CC1. The van der Waals surface area contributed by atoms with Crippen molar-refractivity contribution in [3.63, 3.8) is 0 Å². The molecule has 0 saturated carbocycles. The zero-order valence-electron chi connectivity index (χ0n) is 16.0. The molecule has 4 heterocycles. The zero-order chi connectivity index (χ0) is 19.5. The second-order valence-corrected chi connectivity index (χ2v) is 6.89. The zero-order valence-corrected chi connectivity index (χ0v) is 16.0. The Bertz CT molecular complexity index is 978. The lowest BCUT2D eigenvalue weighted by Crippen LogP contribution is -2.48. The van der Waals surface area contributed by atoms with Crippen LogP contribution >= 0.6 is 0 Å². The summed E-state index contributed by atoms with van der Waals surface area (Å²) in [5.41, 5.74) is 3.07. The van der Waals surface area contributed by atoms with Crippen LogP contribution in [0.5, 0.6) is 0 Å². The Kier molecular flexibility index (Phi) is 5.01. The van der Waals surface area contributed by atoms with Gasteiger partial charge in [-0.25, -0.2) is 4.98 Å². The number of carbonyl (C=O) groups excluding carboxylic acids is 1. The van der Waals surface area contributed by atoms with Gasteiger partial charge in [0.05, 0.1) is 6.42 Å². The van der Waals surface area contributed by atoms with Crippen molar-refractivity contribution in [2.75, 3.05) is 31.1 Å². The largest absolute Gasteiger partial charge is 0.353 e. The van der Waals surface area contributed by atoms with Gasteiger partial charge in [0.25, 0.3) is 0 Å². The fraction of sp³-hybridized carbons (Fsp3) is 0.350. The molecule has 0 spiro atoms. The molecule has 144 valence electrons. The van der Waals surface area contributed by atoms with Crippen LogP contribution in [0.25, 0.3) is 11.4 Å². The van der Waals surface area contributed by atoms with Gasteiger partial charge in [-0.05, 0) is 36.2 Å². The number of piperazine rings is 1. The van der Waals surface area contributed by atoms with Crippen molar-refractivity contribution in [1.82, 2.24) is 25.0 Å². The third-order valence-corrected chi connectivity index (χ3v) is 5.01. The highest BCUT2D eigenvalue weighted by molar-refractivity contribution is 5.73. The van der Waals surface area contributed by atoms with Crippen molar-refractivity contribution in [2.24, 2.45) is 0 Å². The topological polar surface area (TPSA) is 88.3 Å². The van der Waals surface area contributed by atoms with Crippen LogP contribution in [0.15, 0.2) is 41.3 Å². The van der Waals surface area contributed by atoms with E-state index in [0.29, 0.717) is 31.2 Å². The summed E-state index contributed by atoms with van der Waals surface area (Å²) in [5, 5.41) is 4.13. The molecule has 0 aliphatic carbocycles. The monoisotopic (exact) mass is 378 g/mol. The van der Waals surface area contributed by atoms with Crippen LogP contribution in [-0.2, 0) is 11.2 Å². The number of hydrogen-bond donors (Lipinski definition) is 0. The van der Waals surface area contributed by atoms with Gasteiger partial charge in [0.2, 0.25) is 17.6 Å². The van der Waals surface area contributed by atoms with E-state index in [1.807, 2.05) is 36.2 Å². The lowest BCUT2D eigenvalue weighted by Gasteiger charge is -2.34. The van der Waals surface area contributed by atoms with Crippen LogP contribution in [0.4, 0.5) is 5.82 Å². The summed E-state index contributed by atoms with van der Waals surface area (Å²) in [6, 6.07) is 5.81. The molecule has 1 aliphatic rings. The molecule has 1 amide bonds. The van der Waals surface area contributed by atoms with E-state index in [-0.39, 0.29) is 5.91 Å². The van der Waals surface area contributed by atoms with Gasteiger partial charge in [0, 0.05) is 57.3 Å². The highest BCUT2D eigenvalue weighted by Crippen LogP contribution is 2.22. The number of rotatable bonds is 4. The highest BCUT2D eigenvalue weighted by atomic mass is 16.5. The number of carbonyl (C=O) groups is 1. The first-order chi connectivity index (χ1) is 13.6.